The van der Waals surface area contributed by atoms with E-state index < -0.39 is 8.80 Å². The molecule has 4 nitrogen and oxygen atoms in total. The highest BCUT2D eigenvalue weighted by Gasteiger charge is 2.45. The third kappa shape index (κ3) is 3.76. The second-order valence-electron chi connectivity index (χ2n) is 3.70. The predicted molar refractivity (Wildman–Crippen MR) is 73.2 cm³/mol. The lowest BCUT2D eigenvalue weighted by Crippen LogP contribution is -2.57. The SMILES string of the molecule is CCO[Si](OCC)(OCC)c1ccc(F)cc1OC. The van der Waals surface area contributed by atoms with Crippen LogP contribution in [0.4, 0.5) is 4.39 Å². The van der Waals surface area contributed by atoms with Crippen LogP contribution in [0.3, 0.4) is 0 Å². The van der Waals surface area contributed by atoms with Crippen LogP contribution in [-0.2, 0) is 13.3 Å². The van der Waals surface area contributed by atoms with Gasteiger partial charge in [-0.25, -0.2) is 4.39 Å². The lowest BCUT2D eigenvalue weighted by molar-refractivity contribution is 0.0853. The summed E-state index contributed by atoms with van der Waals surface area (Å²) in [6.07, 6.45) is 0. The van der Waals surface area contributed by atoms with Crippen LogP contribution < -0.4 is 9.92 Å². The van der Waals surface area contributed by atoms with Gasteiger partial charge in [0.05, 0.1) is 12.3 Å². The van der Waals surface area contributed by atoms with E-state index in [1.807, 2.05) is 20.8 Å². The van der Waals surface area contributed by atoms with Crippen LogP contribution in [0.25, 0.3) is 0 Å². The van der Waals surface area contributed by atoms with Crippen LogP contribution >= 0.6 is 0 Å². The Hall–Kier alpha value is -0.953. The van der Waals surface area contributed by atoms with Crippen molar-refractivity contribution < 1.29 is 22.4 Å². The second-order valence-corrected chi connectivity index (χ2v) is 6.22. The van der Waals surface area contributed by atoms with E-state index in [0.29, 0.717) is 30.8 Å². The minimum atomic E-state index is -3.05. The van der Waals surface area contributed by atoms with Gasteiger partial charge in [0.2, 0.25) is 0 Å². The van der Waals surface area contributed by atoms with E-state index in [4.69, 9.17) is 18.0 Å². The zero-order chi connectivity index (χ0) is 14.3. The first-order valence-electron chi connectivity index (χ1n) is 6.39. The largest absolute Gasteiger partial charge is 0.541 e. The summed E-state index contributed by atoms with van der Waals surface area (Å²) in [5.74, 6) is 0.0232. The Morgan fingerprint density at radius 3 is 1.95 bits per heavy atom. The van der Waals surface area contributed by atoms with E-state index in [2.05, 4.69) is 0 Å². The summed E-state index contributed by atoms with van der Waals surface area (Å²) in [6, 6.07) is 4.28. The Kier molecular flexibility index (Phi) is 6.43. The molecule has 1 aromatic carbocycles. The normalized spacial score (nSPS) is 11.6. The molecule has 0 aliphatic heterocycles. The van der Waals surface area contributed by atoms with Gasteiger partial charge in [-0.05, 0) is 32.9 Å². The molecule has 0 bridgehead atoms. The topological polar surface area (TPSA) is 36.9 Å². The fraction of sp³-hybridized carbons (Fsp3) is 0.538. The zero-order valence-corrected chi connectivity index (χ0v) is 12.9. The van der Waals surface area contributed by atoms with Gasteiger partial charge in [-0.1, -0.05) is 0 Å². The molecule has 0 aromatic heterocycles. The van der Waals surface area contributed by atoms with E-state index in [1.54, 1.807) is 6.07 Å². The van der Waals surface area contributed by atoms with Gasteiger partial charge < -0.3 is 18.0 Å². The van der Waals surface area contributed by atoms with Crippen molar-refractivity contribution in [2.75, 3.05) is 26.9 Å². The number of benzene rings is 1. The highest BCUT2D eigenvalue weighted by atomic mass is 28.4. The summed E-state index contributed by atoms with van der Waals surface area (Å²) in [5, 5.41) is 0.655. The van der Waals surface area contributed by atoms with Gasteiger partial charge in [-0.15, -0.1) is 0 Å². The van der Waals surface area contributed by atoms with Crippen molar-refractivity contribution in [1.29, 1.82) is 0 Å². The molecule has 0 fully saturated rings. The first-order valence-corrected chi connectivity index (χ1v) is 8.11. The van der Waals surface area contributed by atoms with Crippen molar-refractivity contribution in [1.82, 2.24) is 0 Å². The van der Waals surface area contributed by atoms with Gasteiger partial charge in [0.1, 0.15) is 11.6 Å². The van der Waals surface area contributed by atoms with Gasteiger partial charge in [0, 0.05) is 25.9 Å². The van der Waals surface area contributed by atoms with Gasteiger partial charge in [0.15, 0.2) is 0 Å². The first-order chi connectivity index (χ1) is 9.13. The molecule has 0 radical (unpaired) electrons. The van der Waals surface area contributed by atoms with E-state index in [0.717, 1.165) is 0 Å². The number of hydrogen-bond donors (Lipinski definition) is 0. The first kappa shape index (κ1) is 16.1. The molecule has 0 aliphatic carbocycles. The lowest BCUT2D eigenvalue weighted by Gasteiger charge is -2.29. The molecule has 0 heterocycles. The highest BCUT2D eigenvalue weighted by Crippen LogP contribution is 2.19. The third-order valence-electron chi connectivity index (χ3n) is 2.50. The maximum absolute atomic E-state index is 13.3. The third-order valence-corrected chi connectivity index (χ3v) is 5.58. The molecular formula is C13H21FO4Si. The van der Waals surface area contributed by atoms with Crippen molar-refractivity contribution in [2.45, 2.75) is 20.8 Å². The van der Waals surface area contributed by atoms with Crippen LogP contribution in [0.15, 0.2) is 18.2 Å². The van der Waals surface area contributed by atoms with E-state index in [-0.39, 0.29) is 5.82 Å². The molecule has 0 aliphatic rings. The Bertz CT molecular complexity index is 383. The Balaban J connectivity index is 3.28. The van der Waals surface area contributed by atoms with E-state index in [9.17, 15) is 4.39 Å². The van der Waals surface area contributed by atoms with Gasteiger partial charge in [-0.2, -0.15) is 0 Å². The van der Waals surface area contributed by atoms with E-state index in [1.165, 1.54) is 19.2 Å². The summed E-state index contributed by atoms with van der Waals surface area (Å²) in [7, 11) is -1.56. The summed E-state index contributed by atoms with van der Waals surface area (Å²) in [5.41, 5.74) is 0. The van der Waals surface area contributed by atoms with Gasteiger partial charge in [0.25, 0.3) is 0 Å². The lowest BCUT2D eigenvalue weighted by atomic mass is 10.3. The fourth-order valence-electron chi connectivity index (χ4n) is 1.85. The molecule has 0 amide bonds. The highest BCUT2D eigenvalue weighted by molar-refractivity contribution is 6.76. The van der Waals surface area contributed by atoms with Crippen molar-refractivity contribution in [3.05, 3.63) is 24.0 Å². The average molecular weight is 288 g/mol. The molecule has 0 atom stereocenters. The molecule has 1 rings (SSSR count). The van der Waals surface area contributed by atoms with Gasteiger partial charge in [-0.3, -0.25) is 0 Å². The quantitative estimate of drug-likeness (QED) is 0.686. The predicted octanol–water partition coefficient (Wildman–Crippen LogP) is 2.09. The maximum Gasteiger partial charge on any atom is 0.541 e. The van der Waals surface area contributed by atoms with Gasteiger partial charge >= 0.3 is 8.80 Å². The van der Waals surface area contributed by atoms with Crippen molar-refractivity contribution in [3.63, 3.8) is 0 Å². The molecule has 19 heavy (non-hydrogen) atoms. The van der Waals surface area contributed by atoms with Crippen LogP contribution in [0.1, 0.15) is 20.8 Å². The number of halogens is 1. The van der Waals surface area contributed by atoms with Crippen LogP contribution in [0.5, 0.6) is 5.75 Å². The molecule has 1 aromatic rings. The summed E-state index contributed by atoms with van der Waals surface area (Å²) in [4.78, 5) is 0. The zero-order valence-electron chi connectivity index (χ0n) is 11.9. The Morgan fingerprint density at radius 2 is 1.53 bits per heavy atom. The van der Waals surface area contributed by atoms with E-state index >= 15 is 0 Å². The molecule has 0 spiro atoms. The van der Waals surface area contributed by atoms with Crippen molar-refractivity contribution in [3.8, 4) is 5.75 Å². The maximum atomic E-state index is 13.3. The standard InChI is InChI=1S/C13H21FO4Si/c1-5-16-19(17-6-2,18-7-3)13-9-8-11(14)10-12(13)15-4/h8-10H,5-7H2,1-4H3. The molecule has 0 saturated carbocycles. The minimum absolute atomic E-state index is 0.368. The number of rotatable bonds is 8. The monoisotopic (exact) mass is 288 g/mol. The van der Waals surface area contributed by atoms with Crippen LogP contribution in [-0.4, -0.2) is 35.7 Å². The smallest absolute Gasteiger partial charge is 0.496 e. The summed E-state index contributed by atoms with van der Waals surface area (Å²) >= 11 is 0. The number of ether oxygens (including phenoxy) is 1. The van der Waals surface area contributed by atoms with Crippen LogP contribution in [0, 0.1) is 5.82 Å². The van der Waals surface area contributed by atoms with Crippen molar-refractivity contribution >= 4 is 14.0 Å². The molecule has 0 saturated heterocycles. The molecule has 0 N–H and O–H groups in total. The second kappa shape index (κ2) is 7.59. The fourth-order valence-corrected chi connectivity index (χ4v) is 4.47. The summed E-state index contributed by atoms with van der Waals surface area (Å²) in [6.45, 7) is 6.97. The average Bonchev–Trinajstić information content (AvgIpc) is 2.39. The number of hydrogen-bond acceptors (Lipinski definition) is 4. The summed E-state index contributed by atoms with van der Waals surface area (Å²) < 4.78 is 35.8. The molecule has 108 valence electrons. The molecule has 6 heteroatoms. The van der Waals surface area contributed by atoms with Crippen LogP contribution in [0.2, 0.25) is 0 Å². The molecular weight excluding hydrogens is 267 g/mol. The minimum Gasteiger partial charge on any atom is -0.496 e. The Labute approximate surface area is 114 Å². The Morgan fingerprint density at radius 1 is 1.00 bits per heavy atom. The van der Waals surface area contributed by atoms with Crippen molar-refractivity contribution in [2.24, 2.45) is 0 Å². The molecule has 0 unspecified atom stereocenters. The number of methoxy groups -OCH3 is 1.